The summed E-state index contributed by atoms with van der Waals surface area (Å²) in [5.41, 5.74) is 0.825. The number of rotatable bonds is 10. The van der Waals surface area contributed by atoms with Crippen molar-refractivity contribution in [2.45, 2.75) is 32.6 Å². The molecule has 0 saturated carbocycles. The fraction of sp³-hybridized carbons (Fsp3) is 0.444. The molecule has 8 heteroatoms. The smallest absolute Gasteiger partial charge is 0.303 e. The number of aryl methyl sites for hydroxylation is 1. The summed E-state index contributed by atoms with van der Waals surface area (Å²) in [6.45, 7) is 2.14. The lowest BCUT2D eigenvalue weighted by Gasteiger charge is -2.09. The maximum absolute atomic E-state index is 11.8. The van der Waals surface area contributed by atoms with Crippen molar-refractivity contribution in [3.63, 3.8) is 0 Å². The summed E-state index contributed by atoms with van der Waals surface area (Å²) in [5, 5.41) is 15.4. The van der Waals surface area contributed by atoms with E-state index >= 15 is 0 Å². The van der Waals surface area contributed by atoms with Crippen LogP contribution in [0.1, 0.15) is 32.1 Å². The highest BCUT2D eigenvalue weighted by Gasteiger charge is 2.11. The second-order valence-corrected chi connectivity index (χ2v) is 6.10. The highest BCUT2D eigenvalue weighted by atomic mass is 16.5. The predicted molar refractivity (Wildman–Crippen MR) is 93.7 cm³/mol. The van der Waals surface area contributed by atoms with Crippen LogP contribution in [-0.2, 0) is 16.0 Å². The number of nitrogens with zero attached hydrogens (tertiary/aromatic N) is 2. The largest absolute Gasteiger partial charge is 0.497 e. The average Bonchev–Trinajstić information content (AvgIpc) is 3.08. The number of carbonyl (C=O) groups is 2. The topological polar surface area (TPSA) is 115 Å². The number of amides is 1. The lowest BCUT2D eigenvalue weighted by atomic mass is 10.1. The second-order valence-electron chi connectivity index (χ2n) is 6.10. The monoisotopic (exact) mass is 361 g/mol. The number of methoxy groups -OCH3 is 1. The molecule has 2 rings (SSSR count). The van der Waals surface area contributed by atoms with Crippen molar-refractivity contribution in [1.82, 2.24) is 15.5 Å². The summed E-state index contributed by atoms with van der Waals surface area (Å²) in [7, 11) is 1.60. The molecule has 0 aliphatic rings. The minimum atomic E-state index is -0.865. The number of ether oxygens (including phenoxy) is 1. The quantitative estimate of drug-likeness (QED) is 0.667. The third-order valence-electron chi connectivity index (χ3n) is 3.78. The van der Waals surface area contributed by atoms with E-state index in [1.807, 2.05) is 24.3 Å². The molecule has 0 spiro atoms. The van der Waals surface area contributed by atoms with E-state index < -0.39 is 5.97 Å². The number of aliphatic carboxylic acids is 1. The van der Waals surface area contributed by atoms with E-state index in [4.69, 9.17) is 14.4 Å². The van der Waals surface area contributed by atoms with Crippen LogP contribution in [0.3, 0.4) is 0 Å². The van der Waals surface area contributed by atoms with E-state index in [2.05, 4.69) is 15.5 Å². The van der Waals surface area contributed by atoms with Gasteiger partial charge in [-0.25, -0.2) is 0 Å². The van der Waals surface area contributed by atoms with Crippen LogP contribution >= 0.6 is 0 Å². The van der Waals surface area contributed by atoms with Crippen LogP contribution in [0.2, 0.25) is 0 Å². The van der Waals surface area contributed by atoms with Crippen LogP contribution in [0, 0.1) is 5.92 Å². The van der Waals surface area contributed by atoms with E-state index in [9.17, 15) is 9.59 Å². The number of aromatic nitrogens is 2. The van der Waals surface area contributed by atoms with Crippen LogP contribution in [-0.4, -0.2) is 40.8 Å². The van der Waals surface area contributed by atoms with Crippen LogP contribution in [0.25, 0.3) is 11.4 Å². The van der Waals surface area contributed by atoms with Crippen LogP contribution < -0.4 is 10.1 Å². The molecule has 0 saturated heterocycles. The Morgan fingerprint density at radius 3 is 2.69 bits per heavy atom. The average molecular weight is 361 g/mol. The molecule has 0 aliphatic heterocycles. The molecule has 1 atom stereocenters. The number of hydrogen-bond acceptors (Lipinski definition) is 6. The van der Waals surface area contributed by atoms with Crippen LogP contribution in [0.15, 0.2) is 28.8 Å². The van der Waals surface area contributed by atoms with E-state index in [0.29, 0.717) is 37.5 Å². The molecule has 1 heterocycles. The minimum absolute atomic E-state index is 0.0381. The number of hydrogen-bond donors (Lipinski definition) is 2. The lowest BCUT2D eigenvalue weighted by Crippen LogP contribution is -2.29. The Bertz CT molecular complexity index is 727. The van der Waals surface area contributed by atoms with Gasteiger partial charge in [-0.1, -0.05) is 12.1 Å². The van der Waals surface area contributed by atoms with Crippen molar-refractivity contribution < 1.29 is 24.0 Å². The molecule has 1 amide bonds. The van der Waals surface area contributed by atoms with Crippen molar-refractivity contribution >= 4 is 11.9 Å². The number of carbonyl (C=O) groups excluding carboxylic acids is 1. The SMILES string of the molecule is COc1ccc(-c2noc(CCCC(=O)NCC(C)CC(=O)O)n2)cc1. The van der Waals surface area contributed by atoms with Gasteiger partial charge in [0.2, 0.25) is 17.6 Å². The Labute approximate surface area is 151 Å². The highest BCUT2D eigenvalue weighted by molar-refractivity contribution is 5.76. The van der Waals surface area contributed by atoms with Gasteiger partial charge in [-0.05, 0) is 36.6 Å². The van der Waals surface area contributed by atoms with Crippen molar-refractivity contribution in [3.8, 4) is 17.1 Å². The first kappa shape index (κ1) is 19.4. The zero-order valence-electron chi connectivity index (χ0n) is 14.9. The molecule has 1 aromatic carbocycles. The van der Waals surface area contributed by atoms with E-state index in [0.717, 1.165) is 11.3 Å². The Morgan fingerprint density at radius 2 is 2.04 bits per heavy atom. The zero-order chi connectivity index (χ0) is 18.9. The molecule has 2 N–H and O–H groups in total. The minimum Gasteiger partial charge on any atom is -0.497 e. The van der Waals surface area contributed by atoms with Gasteiger partial charge in [0.05, 0.1) is 7.11 Å². The van der Waals surface area contributed by atoms with Crippen molar-refractivity contribution in [2.75, 3.05) is 13.7 Å². The second kappa shape index (κ2) is 9.55. The molecule has 1 aromatic heterocycles. The van der Waals surface area contributed by atoms with Gasteiger partial charge in [0.25, 0.3) is 0 Å². The number of benzene rings is 1. The Morgan fingerprint density at radius 1 is 1.31 bits per heavy atom. The maximum atomic E-state index is 11.8. The fourth-order valence-corrected chi connectivity index (χ4v) is 2.36. The molecule has 0 aliphatic carbocycles. The number of nitrogens with one attached hydrogen (secondary N) is 1. The summed E-state index contributed by atoms with van der Waals surface area (Å²) < 4.78 is 10.3. The molecular weight excluding hydrogens is 338 g/mol. The summed E-state index contributed by atoms with van der Waals surface area (Å²) in [4.78, 5) is 26.7. The van der Waals surface area contributed by atoms with Gasteiger partial charge in [-0.2, -0.15) is 4.98 Å². The van der Waals surface area contributed by atoms with Crippen LogP contribution in [0.5, 0.6) is 5.75 Å². The van der Waals surface area contributed by atoms with Gasteiger partial charge >= 0.3 is 5.97 Å². The third-order valence-corrected chi connectivity index (χ3v) is 3.78. The van der Waals surface area contributed by atoms with Crippen molar-refractivity contribution in [2.24, 2.45) is 5.92 Å². The van der Waals surface area contributed by atoms with Gasteiger partial charge in [0, 0.05) is 31.4 Å². The Kier molecular flexibility index (Phi) is 7.13. The Hall–Kier alpha value is -2.90. The summed E-state index contributed by atoms with van der Waals surface area (Å²) >= 11 is 0. The summed E-state index contributed by atoms with van der Waals surface area (Å²) in [6.07, 6.45) is 1.43. The zero-order valence-corrected chi connectivity index (χ0v) is 14.9. The fourth-order valence-electron chi connectivity index (χ4n) is 2.36. The number of carboxylic acid groups (broad SMARTS) is 1. The van der Waals surface area contributed by atoms with Crippen molar-refractivity contribution in [3.05, 3.63) is 30.2 Å². The molecule has 0 fully saturated rings. The van der Waals surface area contributed by atoms with Gasteiger partial charge in [-0.3, -0.25) is 9.59 Å². The van der Waals surface area contributed by atoms with E-state index in [1.54, 1.807) is 14.0 Å². The maximum Gasteiger partial charge on any atom is 0.303 e. The van der Waals surface area contributed by atoms with Gasteiger partial charge < -0.3 is 19.7 Å². The Balaban J connectivity index is 1.73. The third kappa shape index (κ3) is 6.19. The first-order valence-electron chi connectivity index (χ1n) is 8.43. The molecule has 1 unspecified atom stereocenters. The van der Waals surface area contributed by atoms with Crippen molar-refractivity contribution in [1.29, 1.82) is 0 Å². The van der Waals surface area contributed by atoms with Gasteiger partial charge in [0.1, 0.15) is 5.75 Å². The molecule has 2 aromatic rings. The predicted octanol–water partition coefficient (Wildman–Crippen LogP) is 2.29. The molecule has 140 valence electrons. The summed E-state index contributed by atoms with van der Waals surface area (Å²) in [6, 6.07) is 7.33. The molecule has 0 radical (unpaired) electrons. The molecule has 0 bridgehead atoms. The summed E-state index contributed by atoms with van der Waals surface area (Å²) in [5.74, 6) is 0.644. The first-order chi connectivity index (χ1) is 12.5. The lowest BCUT2D eigenvalue weighted by molar-refractivity contribution is -0.138. The first-order valence-corrected chi connectivity index (χ1v) is 8.43. The molecule has 26 heavy (non-hydrogen) atoms. The normalized spacial score (nSPS) is 11.8. The van der Waals surface area contributed by atoms with E-state index in [-0.39, 0.29) is 18.2 Å². The highest BCUT2D eigenvalue weighted by Crippen LogP contribution is 2.20. The molecular formula is C18H23N3O5. The molecule has 8 nitrogen and oxygen atoms in total. The van der Waals surface area contributed by atoms with E-state index in [1.165, 1.54) is 0 Å². The van der Waals surface area contributed by atoms with Crippen LogP contribution in [0.4, 0.5) is 0 Å². The van der Waals surface area contributed by atoms with Gasteiger partial charge in [-0.15, -0.1) is 0 Å². The standard InChI is InChI=1S/C18H23N3O5/c1-12(10-17(23)24)11-19-15(22)4-3-5-16-20-18(21-26-16)13-6-8-14(25-2)9-7-13/h6-9,12H,3-5,10-11H2,1-2H3,(H,19,22)(H,23,24). The number of carboxylic acids is 1. The van der Waals surface area contributed by atoms with Gasteiger partial charge in [0.15, 0.2) is 0 Å².